The monoisotopic (exact) mass is 386 g/mol. The van der Waals surface area contributed by atoms with Crippen LogP contribution >= 0.6 is 27.5 Å². The fraction of sp³-hybridized carbons (Fsp3) is 0.643. The third-order valence-electron chi connectivity index (χ3n) is 3.36. The van der Waals surface area contributed by atoms with Gasteiger partial charge in [0.1, 0.15) is 5.82 Å². The van der Waals surface area contributed by atoms with Crippen LogP contribution in [0.5, 0.6) is 0 Å². The number of rotatable bonds is 5. The number of halogens is 1. The third-order valence-corrected chi connectivity index (χ3v) is 4.42. The van der Waals surface area contributed by atoms with E-state index < -0.39 is 0 Å². The minimum atomic E-state index is 0.596. The molecule has 22 heavy (non-hydrogen) atoms. The highest BCUT2D eigenvalue weighted by atomic mass is 79.9. The number of aromatic nitrogens is 2. The molecule has 0 radical (unpaired) electrons. The summed E-state index contributed by atoms with van der Waals surface area (Å²) in [4.78, 5) is 13.8. The molecule has 6 nitrogen and oxygen atoms in total. The van der Waals surface area contributed by atoms with Crippen LogP contribution in [0.3, 0.4) is 0 Å². The Morgan fingerprint density at radius 2 is 2.09 bits per heavy atom. The van der Waals surface area contributed by atoms with Crippen molar-refractivity contribution in [3.05, 3.63) is 16.9 Å². The molecule has 8 heteroatoms. The Morgan fingerprint density at radius 3 is 2.64 bits per heavy atom. The van der Waals surface area contributed by atoms with Crippen molar-refractivity contribution < 1.29 is 0 Å². The van der Waals surface area contributed by atoms with Gasteiger partial charge in [-0.15, -0.1) is 0 Å². The molecule has 122 valence electrons. The van der Waals surface area contributed by atoms with E-state index in [1.165, 1.54) is 11.5 Å². The van der Waals surface area contributed by atoms with Crippen molar-refractivity contribution in [3.63, 3.8) is 0 Å². The zero-order valence-electron chi connectivity index (χ0n) is 13.2. The average molecular weight is 387 g/mol. The van der Waals surface area contributed by atoms with Gasteiger partial charge in [-0.3, -0.25) is 0 Å². The van der Waals surface area contributed by atoms with Crippen molar-refractivity contribution in [2.75, 3.05) is 44.2 Å². The van der Waals surface area contributed by atoms with Gasteiger partial charge in [0.25, 0.3) is 0 Å². The molecule has 2 rings (SSSR count). The smallest absolute Gasteiger partial charge is 0.205 e. The molecule has 0 aliphatic carbocycles. The summed E-state index contributed by atoms with van der Waals surface area (Å²) in [5.41, 5.74) is 0. The van der Waals surface area contributed by atoms with Gasteiger partial charge in [-0.1, -0.05) is 29.4 Å². The largest absolute Gasteiger partial charge is 0.357 e. The first-order valence-corrected chi connectivity index (χ1v) is 9.14. The van der Waals surface area contributed by atoms with Gasteiger partial charge in [0.15, 0.2) is 5.96 Å². The minimum absolute atomic E-state index is 0.596. The highest BCUT2D eigenvalue weighted by Gasteiger charge is 2.21. The molecule has 1 saturated heterocycles. The number of hydrogen-bond donors (Lipinski definition) is 1. The first-order chi connectivity index (χ1) is 10.6. The van der Waals surface area contributed by atoms with Gasteiger partial charge in [-0.05, 0) is 6.92 Å². The van der Waals surface area contributed by atoms with Gasteiger partial charge in [0.05, 0.1) is 6.54 Å². The van der Waals surface area contributed by atoms with E-state index in [1.54, 1.807) is 0 Å². The van der Waals surface area contributed by atoms with E-state index in [2.05, 4.69) is 65.8 Å². The van der Waals surface area contributed by atoms with E-state index in [-0.39, 0.29) is 0 Å². The molecule has 1 fully saturated rings. The van der Waals surface area contributed by atoms with Gasteiger partial charge >= 0.3 is 0 Å². The Balaban J connectivity index is 1.94. The minimum Gasteiger partial charge on any atom is -0.357 e. The third kappa shape index (κ3) is 4.67. The van der Waals surface area contributed by atoms with Crippen LogP contribution in [0.2, 0.25) is 0 Å². The molecule has 1 aromatic rings. The number of aryl methyl sites for hydroxylation is 1. The lowest BCUT2D eigenvalue weighted by atomic mass is 10.3. The van der Waals surface area contributed by atoms with Crippen LogP contribution in [-0.2, 0) is 6.42 Å². The van der Waals surface area contributed by atoms with Crippen molar-refractivity contribution in [1.82, 2.24) is 19.6 Å². The van der Waals surface area contributed by atoms with E-state index in [4.69, 9.17) is 0 Å². The van der Waals surface area contributed by atoms with Gasteiger partial charge in [0, 0.05) is 55.2 Å². The number of guanidine groups is 1. The van der Waals surface area contributed by atoms with Gasteiger partial charge in [0.2, 0.25) is 5.13 Å². The van der Waals surface area contributed by atoms with Gasteiger partial charge < -0.3 is 15.1 Å². The summed E-state index contributed by atoms with van der Waals surface area (Å²) in [6, 6.07) is 0. The van der Waals surface area contributed by atoms with Crippen molar-refractivity contribution in [2.24, 2.45) is 4.99 Å². The predicted octanol–water partition coefficient (Wildman–Crippen LogP) is 2.10. The second-order valence-corrected chi connectivity index (χ2v) is 6.86. The highest BCUT2D eigenvalue weighted by Crippen LogP contribution is 2.19. The first kappa shape index (κ1) is 17.2. The Bertz CT molecular complexity index is 521. The van der Waals surface area contributed by atoms with Gasteiger partial charge in [-0.25, -0.2) is 9.98 Å². The fourth-order valence-corrected chi connectivity index (χ4v) is 3.14. The van der Waals surface area contributed by atoms with Crippen molar-refractivity contribution >= 4 is 38.6 Å². The fourth-order valence-electron chi connectivity index (χ4n) is 2.21. The van der Waals surface area contributed by atoms with Gasteiger partial charge in [-0.2, -0.15) is 4.37 Å². The normalized spacial score (nSPS) is 16.0. The van der Waals surface area contributed by atoms with Crippen LogP contribution in [0.15, 0.2) is 16.1 Å². The molecular weight excluding hydrogens is 364 g/mol. The number of hydrogen-bond acceptors (Lipinski definition) is 5. The second kappa shape index (κ2) is 8.47. The maximum Gasteiger partial charge on any atom is 0.205 e. The molecular formula is C14H23BrN6S. The molecule has 1 aliphatic rings. The van der Waals surface area contributed by atoms with Crippen LogP contribution in [-0.4, -0.2) is 59.5 Å². The van der Waals surface area contributed by atoms with E-state index in [1.807, 2.05) is 0 Å². The van der Waals surface area contributed by atoms with Crippen LogP contribution in [0, 0.1) is 0 Å². The van der Waals surface area contributed by atoms with Crippen LogP contribution in [0.1, 0.15) is 19.7 Å². The number of anilines is 1. The zero-order valence-corrected chi connectivity index (χ0v) is 15.6. The standard InChI is InChI=1S/C14H23BrN6S/c1-4-12-18-14(22-19-12)21-8-6-20(7-9-21)13(16-5-2)17-10-11(3)15/h3-10H2,1-2H3,(H,16,17). The van der Waals surface area contributed by atoms with Crippen LogP contribution in [0.4, 0.5) is 5.13 Å². The lowest BCUT2D eigenvalue weighted by Crippen LogP contribution is -2.52. The average Bonchev–Trinajstić information content (AvgIpc) is 3.00. The van der Waals surface area contributed by atoms with Crippen molar-refractivity contribution in [1.29, 1.82) is 0 Å². The summed E-state index contributed by atoms with van der Waals surface area (Å²) in [6.07, 6.45) is 0.893. The Kier molecular flexibility index (Phi) is 6.63. The molecule has 0 atom stereocenters. The lowest BCUT2D eigenvalue weighted by molar-refractivity contribution is 0.373. The molecule has 2 heterocycles. The van der Waals surface area contributed by atoms with E-state index in [0.717, 1.165) is 60.5 Å². The van der Waals surface area contributed by atoms with E-state index >= 15 is 0 Å². The molecule has 1 N–H and O–H groups in total. The maximum atomic E-state index is 4.59. The molecule has 0 amide bonds. The van der Waals surface area contributed by atoms with Crippen molar-refractivity contribution in [3.8, 4) is 0 Å². The zero-order chi connectivity index (χ0) is 15.9. The Labute approximate surface area is 144 Å². The lowest BCUT2D eigenvalue weighted by Gasteiger charge is -2.36. The summed E-state index contributed by atoms with van der Waals surface area (Å²) >= 11 is 4.85. The number of nitrogens with zero attached hydrogens (tertiary/aromatic N) is 5. The molecule has 0 saturated carbocycles. The number of aliphatic imine (C=N–C) groups is 1. The summed E-state index contributed by atoms with van der Waals surface area (Å²) in [7, 11) is 0. The number of piperazine rings is 1. The summed E-state index contributed by atoms with van der Waals surface area (Å²) in [5.74, 6) is 1.89. The SMILES string of the molecule is C=C(Br)CN=C(NCC)N1CCN(c2nc(CC)ns2)CC1. The van der Waals surface area contributed by atoms with Crippen LogP contribution in [0.25, 0.3) is 0 Å². The van der Waals surface area contributed by atoms with E-state index in [0.29, 0.717) is 6.54 Å². The molecule has 0 aromatic carbocycles. The number of nitrogens with one attached hydrogen (secondary N) is 1. The second-order valence-electron chi connectivity index (χ2n) is 5.01. The molecule has 1 aromatic heterocycles. The molecule has 0 unspecified atom stereocenters. The summed E-state index contributed by atoms with van der Waals surface area (Å²) < 4.78 is 5.26. The predicted molar refractivity (Wildman–Crippen MR) is 97.1 cm³/mol. The molecule has 0 bridgehead atoms. The van der Waals surface area contributed by atoms with E-state index in [9.17, 15) is 0 Å². The van der Waals surface area contributed by atoms with Crippen LogP contribution < -0.4 is 10.2 Å². The maximum absolute atomic E-state index is 4.59. The molecule has 1 aliphatic heterocycles. The molecule has 0 spiro atoms. The Morgan fingerprint density at radius 1 is 1.36 bits per heavy atom. The summed E-state index contributed by atoms with van der Waals surface area (Å²) in [6.45, 7) is 13.2. The first-order valence-electron chi connectivity index (χ1n) is 7.58. The topological polar surface area (TPSA) is 56.7 Å². The summed E-state index contributed by atoms with van der Waals surface area (Å²) in [5, 5.41) is 4.38. The highest BCUT2D eigenvalue weighted by molar-refractivity contribution is 9.11. The quantitative estimate of drug-likeness (QED) is 0.620. The Hall–Kier alpha value is -1.15. The van der Waals surface area contributed by atoms with Crippen molar-refractivity contribution in [2.45, 2.75) is 20.3 Å².